The Hall–Kier alpha value is -0.690. The highest BCUT2D eigenvalue weighted by molar-refractivity contribution is 5.85. The minimum absolute atomic E-state index is 0.0493. The molecule has 8 aliphatic rings. The van der Waals surface area contributed by atoms with E-state index in [1.807, 2.05) is 11.8 Å². The van der Waals surface area contributed by atoms with Crippen LogP contribution in [-0.4, -0.2) is 63.3 Å². The Balaban J connectivity index is 1.56. The average molecular weight is 392 g/mol. The van der Waals surface area contributed by atoms with Gasteiger partial charge in [-0.05, 0) is 57.3 Å². The van der Waals surface area contributed by atoms with Crippen molar-refractivity contribution in [3.05, 3.63) is 0 Å². The maximum Gasteiger partial charge on any atom is 0.231 e. The summed E-state index contributed by atoms with van der Waals surface area (Å²) in [6, 6.07) is 0. The molecule has 3 saturated heterocycles. The molecule has 6 heteroatoms. The normalized spacial score (nSPS) is 61.5. The summed E-state index contributed by atoms with van der Waals surface area (Å²) < 4.78 is 6.64. The van der Waals surface area contributed by atoms with E-state index in [0.29, 0.717) is 24.8 Å². The van der Waals surface area contributed by atoms with Crippen LogP contribution in [0.15, 0.2) is 0 Å². The Morgan fingerprint density at radius 2 is 2.04 bits per heavy atom. The molecule has 6 nitrogen and oxygen atoms in total. The summed E-state index contributed by atoms with van der Waals surface area (Å²) in [5.74, 6) is 0.652. The van der Waals surface area contributed by atoms with E-state index < -0.39 is 17.1 Å². The number of aliphatic hydroxyl groups is 3. The second-order valence-corrected chi connectivity index (χ2v) is 11.3. The number of likely N-dealkylation sites (tertiary alicyclic amines) is 1. The van der Waals surface area contributed by atoms with Crippen LogP contribution in [0.5, 0.6) is 0 Å². The number of nitrogens with zero attached hydrogens (tertiary/aromatic N) is 1. The van der Waals surface area contributed by atoms with Crippen molar-refractivity contribution in [3.8, 4) is 0 Å². The van der Waals surface area contributed by atoms with E-state index in [4.69, 9.17) is 4.74 Å². The van der Waals surface area contributed by atoms with Gasteiger partial charge in [0.2, 0.25) is 5.91 Å². The topological polar surface area (TPSA) is 90.2 Å². The fraction of sp³-hybridized carbons (Fsp3) is 0.955. The smallest absolute Gasteiger partial charge is 0.231 e. The molecule has 3 heterocycles. The number of hydrogen-bond donors (Lipinski definition) is 3. The first-order chi connectivity index (χ1) is 13.2. The summed E-state index contributed by atoms with van der Waals surface area (Å²) in [6.45, 7) is 4.25. The fourth-order valence-corrected chi connectivity index (χ4v) is 9.60. The monoisotopic (exact) mass is 391 g/mol. The Morgan fingerprint density at radius 1 is 1.25 bits per heavy atom. The molecule has 5 aliphatic carbocycles. The van der Waals surface area contributed by atoms with E-state index in [1.54, 1.807) is 0 Å². The first-order valence-corrected chi connectivity index (χ1v) is 11.2. The van der Waals surface area contributed by atoms with Crippen molar-refractivity contribution in [2.24, 2.45) is 34.0 Å². The fourth-order valence-electron chi connectivity index (χ4n) is 9.60. The highest BCUT2D eigenvalue weighted by Crippen LogP contribution is 2.78. The lowest BCUT2D eigenvalue weighted by Crippen LogP contribution is -2.86. The van der Waals surface area contributed by atoms with E-state index >= 15 is 0 Å². The van der Waals surface area contributed by atoms with E-state index in [1.165, 1.54) is 0 Å². The molecule has 0 aromatic rings. The van der Waals surface area contributed by atoms with Gasteiger partial charge in [-0.1, -0.05) is 13.3 Å². The molecule has 156 valence electrons. The molecule has 0 aromatic heterocycles. The first-order valence-electron chi connectivity index (χ1n) is 11.2. The molecule has 0 aromatic carbocycles. The highest BCUT2D eigenvalue weighted by atomic mass is 16.5. The van der Waals surface area contributed by atoms with Crippen LogP contribution in [0.3, 0.4) is 0 Å². The number of piperidine rings is 1. The Morgan fingerprint density at radius 3 is 2.75 bits per heavy atom. The molecule has 28 heavy (non-hydrogen) atoms. The van der Waals surface area contributed by atoms with Crippen LogP contribution >= 0.6 is 0 Å². The number of carbonyl (C=O) groups excluding carboxylic acids is 1. The number of carbonyl (C=O) groups is 1. The molecule has 8 rings (SSSR count). The van der Waals surface area contributed by atoms with Crippen molar-refractivity contribution in [2.75, 3.05) is 13.2 Å². The van der Waals surface area contributed by atoms with Gasteiger partial charge >= 0.3 is 0 Å². The quantitative estimate of drug-likeness (QED) is 0.660. The van der Waals surface area contributed by atoms with Gasteiger partial charge in [0, 0.05) is 23.3 Å². The van der Waals surface area contributed by atoms with Crippen molar-refractivity contribution in [2.45, 2.75) is 82.8 Å². The van der Waals surface area contributed by atoms with Gasteiger partial charge in [-0.15, -0.1) is 0 Å². The lowest BCUT2D eigenvalue weighted by atomic mass is 9.31. The number of β-amino-alcohol motifs (C(OH)–C–C–N with tert-alkyl or cyclic N) is 1. The van der Waals surface area contributed by atoms with Crippen molar-refractivity contribution in [3.63, 3.8) is 0 Å². The Kier molecular flexibility index (Phi) is 3.32. The van der Waals surface area contributed by atoms with Crippen LogP contribution in [0.25, 0.3) is 0 Å². The molecule has 1 amide bonds. The van der Waals surface area contributed by atoms with Crippen LogP contribution in [0.2, 0.25) is 0 Å². The van der Waals surface area contributed by atoms with Crippen LogP contribution in [0, 0.1) is 34.0 Å². The Bertz CT molecular complexity index is 740. The minimum Gasteiger partial charge on any atom is -0.395 e. The van der Waals surface area contributed by atoms with Gasteiger partial charge in [0.25, 0.3) is 0 Å². The largest absolute Gasteiger partial charge is 0.395 e. The van der Waals surface area contributed by atoms with Gasteiger partial charge in [0.1, 0.15) is 6.23 Å². The SMILES string of the molecule is C[C@@]12CCC[C@]34C(O[C@H]([C@H](O)[C@@H]31)[C@@]13CC[C@@H](C[C@H]14)[C@](C)(O)C3)N(CCO)C2=O. The number of amides is 1. The standard InChI is InChI=1S/C22H33NO5/c1-19-5-3-6-22-13-10-12-4-7-21(13,11-20(12,2)27)16(14(25)15(19)22)28-18(22)23(8-9-24)17(19)26/h12-16,18,24-25,27H,3-11H2,1-2H3/t12-,13+,14+,15+,16+,18?,19+,20+,21+,22+/m0/s1. The van der Waals surface area contributed by atoms with E-state index in [-0.39, 0.29) is 41.6 Å². The summed E-state index contributed by atoms with van der Waals surface area (Å²) >= 11 is 0. The minimum atomic E-state index is -0.695. The highest BCUT2D eigenvalue weighted by Gasteiger charge is 2.82. The van der Waals surface area contributed by atoms with E-state index in [2.05, 4.69) is 6.92 Å². The van der Waals surface area contributed by atoms with E-state index in [0.717, 1.165) is 38.5 Å². The zero-order chi connectivity index (χ0) is 19.7. The predicted molar refractivity (Wildman–Crippen MR) is 99.9 cm³/mol. The van der Waals surface area contributed by atoms with Crippen LogP contribution < -0.4 is 0 Å². The Labute approximate surface area is 166 Å². The van der Waals surface area contributed by atoms with Gasteiger partial charge < -0.3 is 25.0 Å². The first kappa shape index (κ1) is 18.1. The molecule has 7 bridgehead atoms. The van der Waals surface area contributed by atoms with E-state index in [9.17, 15) is 20.1 Å². The summed E-state index contributed by atoms with van der Waals surface area (Å²) in [6.07, 6.45) is 5.12. The van der Waals surface area contributed by atoms with Gasteiger partial charge in [0.05, 0.1) is 29.8 Å². The van der Waals surface area contributed by atoms with Gasteiger partial charge in [-0.25, -0.2) is 0 Å². The number of aliphatic hydroxyl groups excluding tert-OH is 2. The molecular formula is C22H33NO5. The zero-order valence-corrected chi connectivity index (χ0v) is 16.9. The average Bonchev–Trinajstić information content (AvgIpc) is 2.64. The predicted octanol–water partition coefficient (Wildman–Crippen LogP) is 1.27. The molecule has 1 unspecified atom stereocenters. The van der Waals surface area contributed by atoms with Crippen molar-refractivity contribution < 1.29 is 24.9 Å². The maximum atomic E-state index is 13.5. The third-order valence-corrected chi connectivity index (χ3v) is 10.3. The van der Waals surface area contributed by atoms with Gasteiger partial charge in [-0.2, -0.15) is 0 Å². The summed E-state index contributed by atoms with van der Waals surface area (Å²) in [7, 11) is 0. The van der Waals surface area contributed by atoms with Crippen LogP contribution in [-0.2, 0) is 9.53 Å². The molecule has 2 spiro atoms. The molecule has 3 N–H and O–H groups in total. The second-order valence-electron chi connectivity index (χ2n) is 11.3. The summed E-state index contributed by atoms with van der Waals surface area (Å²) in [5, 5.41) is 32.4. The lowest BCUT2D eigenvalue weighted by Gasteiger charge is -2.80. The summed E-state index contributed by atoms with van der Waals surface area (Å²) in [4.78, 5) is 15.3. The van der Waals surface area contributed by atoms with Gasteiger partial charge in [0.15, 0.2) is 0 Å². The number of ether oxygens (including phenoxy) is 1. The summed E-state index contributed by atoms with van der Waals surface area (Å²) in [5.41, 5.74) is -1.71. The molecule has 8 fully saturated rings. The third-order valence-electron chi connectivity index (χ3n) is 10.3. The van der Waals surface area contributed by atoms with Crippen LogP contribution in [0.1, 0.15) is 58.8 Å². The molecular weight excluding hydrogens is 358 g/mol. The van der Waals surface area contributed by atoms with Crippen molar-refractivity contribution in [1.29, 1.82) is 0 Å². The lowest BCUT2D eigenvalue weighted by molar-refractivity contribution is -0.420. The number of rotatable bonds is 2. The molecule has 5 saturated carbocycles. The van der Waals surface area contributed by atoms with Crippen molar-refractivity contribution >= 4 is 5.91 Å². The van der Waals surface area contributed by atoms with Gasteiger partial charge in [-0.3, -0.25) is 4.79 Å². The second kappa shape index (κ2) is 5.13. The third kappa shape index (κ3) is 1.68. The molecule has 3 aliphatic heterocycles. The van der Waals surface area contributed by atoms with Crippen molar-refractivity contribution in [1.82, 2.24) is 4.90 Å². The maximum absolute atomic E-state index is 13.5. The number of fused-ring (bicyclic) bond motifs is 2. The molecule has 0 radical (unpaired) electrons. The molecule has 10 atom stereocenters. The van der Waals surface area contributed by atoms with Crippen LogP contribution in [0.4, 0.5) is 0 Å². The zero-order valence-electron chi connectivity index (χ0n) is 16.9. The number of hydrogen-bond acceptors (Lipinski definition) is 5.